The summed E-state index contributed by atoms with van der Waals surface area (Å²) in [6, 6.07) is 6.14. The Bertz CT molecular complexity index is 937. The van der Waals surface area contributed by atoms with Gasteiger partial charge in [-0.25, -0.2) is 0 Å². The van der Waals surface area contributed by atoms with Crippen LogP contribution in [0.5, 0.6) is 0 Å². The van der Waals surface area contributed by atoms with E-state index in [0.29, 0.717) is 30.2 Å². The highest BCUT2D eigenvalue weighted by Gasteiger charge is 2.36. The lowest BCUT2D eigenvalue weighted by Crippen LogP contribution is -2.43. The molecule has 1 aromatic heterocycles. The first-order valence-electron chi connectivity index (χ1n) is 11.1. The maximum absolute atomic E-state index is 13.5. The van der Waals surface area contributed by atoms with Gasteiger partial charge in [0.05, 0.1) is 11.1 Å². The Morgan fingerprint density at radius 3 is 2.61 bits per heavy atom. The van der Waals surface area contributed by atoms with Gasteiger partial charge in [0.1, 0.15) is 0 Å². The first kappa shape index (κ1) is 22.1. The van der Waals surface area contributed by atoms with Gasteiger partial charge in [-0.05, 0) is 68.9 Å². The molecule has 0 radical (unpaired) electrons. The Hall–Kier alpha value is -2.15. The first-order chi connectivity index (χ1) is 14.7. The number of hydrogen-bond acceptors (Lipinski definition) is 3. The van der Waals surface area contributed by atoms with Crippen LogP contribution >= 0.6 is 0 Å². The molecule has 2 aliphatic rings. The number of fused-ring (bicyclic) bond motifs is 1. The first-order valence-corrected chi connectivity index (χ1v) is 11.1. The molecule has 2 fully saturated rings. The van der Waals surface area contributed by atoms with Crippen molar-refractivity contribution in [2.75, 3.05) is 33.2 Å². The molecule has 2 saturated heterocycles. The van der Waals surface area contributed by atoms with E-state index >= 15 is 0 Å². The summed E-state index contributed by atoms with van der Waals surface area (Å²) in [5.41, 5.74) is 0.153. The van der Waals surface area contributed by atoms with Gasteiger partial charge in [-0.15, -0.1) is 0 Å². The molecule has 0 bridgehead atoms. The number of pyridine rings is 1. The fourth-order valence-electron chi connectivity index (χ4n) is 5.20. The lowest BCUT2D eigenvalue weighted by atomic mass is 9.82. The van der Waals surface area contributed by atoms with Crippen LogP contribution in [0.15, 0.2) is 30.5 Å². The molecule has 3 heterocycles. The summed E-state index contributed by atoms with van der Waals surface area (Å²) in [5, 5.41) is 0.541. The van der Waals surface area contributed by atoms with Crippen molar-refractivity contribution in [3.05, 3.63) is 41.6 Å². The molecule has 1 aromatic carbocycles. The number of halogens is 3. The van der Waals surface area contributed by atoms with E-state index in [1.807, 2.05) is 4.90 Å². The highest BCUT2D eigenvalue weighted by atomic mass is 19.4. The van der Waals surface area contributed by atoms with Crippen LogP contribution in [0.2, 0.25) is 0 Å². The molecule has 1 unspecified atom stereocenters. The van der Waals surface area contributed by atoms with Gasteiger partial charge >= 0.3 is 6.18 Å². The van der Waals surface area contributed by atoms with Crippen molar-refractivity contribution in [3.8, 4) is 0 Å². The minimum atomic E-state index is -4.44. The number of carbonyl (C=O) groups excluding carboxylic acids is 1. The van der Waals surface area contributed by atoms with Crippen molar-refractivity contribution >= 4 is 16.8 Å². The van der Waals surface area contributed by atoms with Gasteiger partial charge in [0.15, 0.2) is 0 Å². The van der Waals surface area contributed by atoms with Crippen molar-refractivity contribution in [2.45, 2.75) is 44.7 Å². The van der Waals surface area contributed by atoms with Gasteiger partial charge < -0.3 is 9.80 Å². The van der Waals surface area contributed by atoms with Gasteiger partial charge in [0.2, 0.25) is 5.91 Å². The number of piperidine rings is 2. The fraction of sp³-hybridized carbons (Fsp3) is 0.583. The predicted octanol–water partition coefficient (Wildman–Crippen LogP) is 4.94. The lowest BCUT2D eigenvalue weighted by Gasteiger charge is -2.38. The van der Waals surface area contributed by atoms with Crippen LogP contribution in [-0.4, -0.2) is 53.9 Å². The van der Waals surface area contributed by atoms with Crippen molar-refractivity contribution in [2.24, 2.45) is 11.8 Å². The molecule has 2 aliphatic heterocycles. The van der Waals surface area contributed by atoms with E-state index in [-0.39, 0.29) is 17.3 Å². The van der Waals surface area contributed by atoms with Crippen LogP contribution in [0.1, 0.15) is 49.7 Å². The number of aromatic nitrogens is 1. The van der Waals surface area contributed by atoms with Gasteiger partial charge in [-0.3, -0.25) is 9.78 Å². The van der Waals surface area contributed by atoms with E-state index in [1.54, 1.807) is 18.2 Å². The summed E-state index contributed by atoms with van der Waals surface area (Å²) < 4.78 is 40.4. The number of nitrogens with zero attached hydrogens (tertiary/aromatic N) is 3. The summed E-state index contributed by atoms with van der Waals surface area (Å²) in [6.45, 7) is 5.46. The minimum Gasteiger partial charge on any atom is -0.342 e. The molecule has 0 spiro atoms. The summed E-state index contributed by atoms with van der Waals surface area (Å²) in [4.78, 5) is 21.4. The van der Waals surface area contributed by atoms with Crippen molar-refractivity contribution in [3.63, 3.8) is 0 Å². The van der Waals surface area contributed by atoms with Crippen LogP contribution in [-0.2, 0) is 11.0 Å². The van der Waals surface area contributed by atoms with E-state index in [2.05, 4.69) is 23.9 Å². The Morgan fingerprint density at radius 1 is 1.16 bits per heavy atom. The fourth-order valence-corrected chi connectivity index (χ4v) is 5.20. The normalized spacial score (nSPS) is 24.0. The van der Waals surface area contributed by atoms with E-state index in [1.165, 1.54) is 6.20 Å². The van der Waals surface area contributed by atoms with Crippen molar-refractivity contribution in [1.29, 1.82) is 0 Å². The highest BCUT2D eigenvalue weighted by molar-refractivity contribution is 5.86. The molecule has 2 aromatic rings. The molecule has 0 N–H and O–H groups in total. The lowest BCUT2D eigenvalue weighted by molar-refractivity contribution is -0.136. The maximum atomic E-state index is 13.5. The summed E-state index contributed by atoms with van der Waals surface area (Å²) in [6.07, 6.45) is 0.480. The van der Waals surface area contributed by atoms with E-state index < -0.39 is 11.7 Å². The smallest absolute Gasteiger partial charge is 0.342 e. The minimum absolute atomic E-state index is 0.00470. The van der Waals surface area contributed by atoms with E-state index in [9.17, 15) is 18.0 Å². The van der Waals surface area contributed by atoms with Crippen molar-refractivity contribution < 1.29 is 18.0 Å². The number of amides is 1. The van der Waals surface area contributed by atoms with Gasteiger partial charge in [0, 0.05) is 37.0 Å². The zero-order valence-corrected chi connectivity index (χ0v) is 18.2. The second-order valence-corrected chi connectivity index (χ2v) is 9.39. The molecular weight excluding hydrogens is 403 g/mol. The Labute approximate surface area is 181 Å². The van der Waals surface area contributed by atoms with Gasteiger partial charge in [-0.1, -0.05) is 19.1 Å². The highest BCUT2D eigenvalue weighted by Crippen LogP contribution is 2.39. The average Bonchev–Trinajstić information content (AvgIpc) is 2.73. The molecule has 0 aliphatic carbocycles. The largest absolute Gasteiger partial charge is 0.418 e. The van der Waals surface area contributed by atoms with Gasteiger partial charge in [-0.2, -0.15) is 13.2 Å². The molecule has 2 atom stereocenters. The van der Waals surface area contributed by atoms with Crippen LogP contribution in [0.4, 0.5) is 13.2 Å². The molecule has 4 rings (SSSR count). The Balaban J connectivity index is 1.56. The van der Waals surface area contributed by atoms with E-state index in [4.69, 9.17) is 0 Å². The van der Waals surface area contributed by atoms with Gasteiger partial charge in [0.25, 0.3) is 0 Å². The summed E-state index contributed by atoms with van der Waals surface area (Å²) >= 11 is 0. The maximum Gasteiger partial charge on any atom is 0.418 e. The average molecular weight is 434 g/mol. The summed E-state index contributed by atoms with van der Waals surface area (Å²) in [7, 11) is 2.11. The molecule has 4 nitrogen and oxygen atoms in total. The summed E-state index contributed by atoms with van der Waals surface area (Å²) in [5.74, 6) is 0.921. The topological polar surface area (TPSA) is 36.4 Å². The molecule has 31 heavy (non-hydrogen) atoms. The molecule has 168 valence electrons. The number of hydrogen-bond donors (Lipinski definition) is 0. The third-order valence-electron chi connectivity index (χ3n) is 6.86. The Morgan fingerprint density at radius 2 is 1.90 bits per heavy atom. The number of carbonyl (C=O) groups is 1. The SMILES string of the molecule is C[C@@H]1CC(c2ccc(C(F)(F)F)c3ncccc23)CN(C(=O)CC2CCN(C)CC2)C1. The molecule has 0 saturated carbocycles. The van der Waals surface area contributed by atoms with Crippen LogP contribution in [0.3, 0.4) is 0 Å². The predicted molar refractivity (Wildman–Crippen MR) is 115 cm³/mol. The zero-order chi connectivity index (χ0) is 22.2. The molecule has 1 amide bonds. The van der Waals surface area contributed by atoms with Crippen LogP contribution in [0, 0.1) is 11.8 Å². The number of alkyl halides is 3. The van der Waals surface area contributed by atoms with E-state index in [0.717, 1.165) is 50.5 Å². The zero-order valence-electron chi connectivity index (χ0n) is 18.2. The standard InChI is InChI=1S/C24H30F3N3O/c1-16-12-18(15-30(14-16)22(31)13-17-7-10-29(2)11-8-17)19-5-6-21(24(25,26)27)23-20(19)4-3-9-28-23/h3-6,9,16-18H,7-8,10-15H2,1-2H3/t16-,18?/m1/s1. The monoisotopic (exact) mass is 433 g/mol. The van der Waals surface area contributed by atoms with Crippen LogP contribution < -0.4 is 0 Å². The third-order valence-corrected chi connectivity index (χ3v) is 6.86. The number of rotatable bonds is 3. The number of benzene rings is 1. The quantitative estimate of drug-likeness (QED) is 0.688. The molecular formula is C24H30F3N3O. The van der Waals surface area contributed by atoms with Crippen LogP contribution in [0.25, 0.3) is 10.9 Å². The number of likely N-dealkylation sites (tertiary alicyclic amines) is 2. The second-order valence-electron chi connectivity index (χ2n) is 9.39. The second kappa shape index (κ2) is 8.77. The molecule has 7 heteroatoms. The third kappa shape index (κ3) is 4.86. The van der Waals surface area contributed by atoms with Crippen molar-refractivity contribution in [1.82, 2.24) is 14.8 Å². The Kier molecular flexibility index (Phi) is 6.24.